The number of hydrogen-bond acceptors (Lipinski definition) is 2. The van der Waals surface area contributed by atoms with Crippen LogP contribution in [0.15, 0.2) is 24.3 Å². The SMILES string of the molecule is CCN(CC)C(C(N)=S)c1ccccc1C. The summed E-state index contributed by atoms with van der Waals surface area (Å²) in [7, 11) is 0. The molecule has 88 valence electrons. The van der Waals surface area contributed by atoms with Crippen molar-refractivity contribution in [1.82, 2.24) is 4.90 Å². The van der Waals surface area contributed by atoms with Crippen LogP contribution in [0.5, 0.6) is 0 Å². The van der Waals surface area contributed by atoms with Crippen molar-refractivity contribution in [3.8, 4) is 0 Å². The summed E-state index contributed by atoms with van der Waals surface area (Å²) < 4.78 is 0. The minimum atomic E-state index is 0.0613. The fourth-order valence-corrected chi connectivity index (χ4v) is 2.29. The molecule has 1 unspecified atom stereocenters. The van der Waals surface area contributed by atoms with Crippen molar-refractivity contribution in [2.75, 3.05) is 13.1 Å². The van der Waals surface area contributed by atoms with Gasteiger partial charge in [0, 0.05) is 0 Å². The third kappa shape index (κ3) is 2.80. The highest BCUT2D eigenvalue weighted by Crippen LogP contribution is 2.23. The third-order valence-corrected chi connectivity index (χ3v) is 3.15. The maximum atomic E-state index is 5.88. The van der Waals surface area contributed by atoms with Crippen LogP contribution >= 0.6 is 12.2 Å². The third-order valence-electron chi connectivity index (χ3n) is 2.93. The Kier molecular flexibility index (Phi) is 4.90. The van der Waals surface area contributed by atoms with Gasteiger partial charge in [-0.25, -0.2) is 0 Å². The van der Waals surface area contributed by atoms with Crippen LogP contribution in [0.1, 0.15) is 31.0 Å². The lowest BCUT2D eigenvalue weighted by Crippen LogP contribution is -2.37. The van der Waals surface area contributed by atoms with Crippen LogP contribution in [0.3, 0.4) is 0 Å². The first kappa shape index (κ1) is 13.1. The summed E-state index contributed by atoms with van der Waals surface area (Å²) in [6, 6.07) is 8.35. The summed E-state index contributed by atoms with van der Waals surface area (Å²) in [4.78, 5) is 2.84. The van der Waals surface area contributed by atoms with Gasteiger partial charge in [-0.1, -0.05) is 50.3 Å². The number of hydrogen-bond donors (Lipinski definition) is 1. The maximum Gasteiger partial charge on any atom is 0.0948 e. The highest BCUT2D eigenvalue weighted by Gasteiger charge is 2.21. The molecule has 0 fully saturated rings. The predicted molar refractivity (Wildman–Crippen MR) is 73.6 cm³/mol. The number of thiocarbonyl (C=S) groups is 1. The summed E-state index contributed by atoms with van der Waals surface area (Å²) in [6.07, 6.45) is 0. The summed E-state index contributed by atoms with van der Waals surface area (Å²) in [5.41, 5.74) is 8.34. The molecule has 0 amide bonds. The van der Waals surface area contributed by atoms with E-state index in [2.05, 4.69) is 37.8 Å². The van der Waals surface area contributed by atoms with E-state index in [0.29, 0.717) is 4.99 Å². The molecule has 0 saturated carbocycles. The van der Waals surface area contributed by atoms with Crippen molar-refractivity contribution in [2.24, 2.45) is 5.73 Å². The average Bonchev–Trinajstić information content (AvgIpc) is 2.27. The van der Waals surface area contributed by atoms with Crippen molar-refractivity contribution in [2.45, 2.75) is 26.8 Å². The van der Waals surface area contributed by atoms with Gasteiger partial charge in [-0.2, -0.15) is 0 Å². The number of nitrogens with zero attached hydrogens (tertiary/aromatic N) is 1. The first-order valence-corrected chi connectivity index (χ1v) is 6.11. The molecule has 0 saturated heterocycles. The van der Waals surface area contributed by atoms with Gasteiger partial charge in [0.15, 0.2) is 0 Å². The lowest BCUT2D eigenvalue weighted by Gasteiger charge is -2.30. The van der Waals surface area contributed by atoms with E-state index in [-0.39, 0.29) is 6.04 Å². The smallest absolute Gasteiger partial charge is 0.0948 e. The van der Waals surface area contributed by atoms with Crippen LogP contribution in [0.4, 0.5) is 0 Å². The highest BCUT2D eigenvalue weighted by molar-refractivity contribution is 7.80. The Morgan fingerprint density at radius 2 is 1.88 bits per heavy atom. The molecule has 0 aliphatic carbocycles. The van der Waals surface area contributed by atoms with Gasteiger partial charge in [-0.3, -0.25) is 4.90 Å². The Bertz CT molecular complexity index is 359. The van der Waals surface area contributed by atoms with Gasteiger partial charge in [-0.15, -0.1) is 0 Å². The number of aryl methyl sites for hydroxylation is 1. The van der Waals surface area contributed by atoms with Crippen LogP contribution in [0.25, 0.3) is 0 Å². The van der Waals surface area contributed by atoms with Gasteiger partial charge >= 0.3 is 0 Å². The first-order valence-electron chi connectivity index (χ1n) is 5.70. The number of rotatable bonds is 5. The molecule has 0 heterocycles. The van der Waals surface area contributed by atoms with Crippen molar-refractivity contribution in [1.29, 1.82) is 0 Å². The summed E-state index contributed by atoms with van der Waals surface area (Å²) >= 11 is 5.20. The van der Waals surface area contributed by atoms with Gasteiger partial charge in [0.1, 0.15) is 0 Å². The molecule has 3 heteroatoms. The van der Waals surface area contributed by atoms with E-state index in [1.54, 1.807) is 0 Å². The number of benzene rings is 1. The van der Waals surface area contributed by atoms with Crippen LogP contribution in [0, 0.1) is 6.92 Å². The number of nitrogens with two attached hydrogens (primary N) is 1. The van der Waals surface area contributed by atoms with Crippen molar-refractivity contribution < 1.29 is 0 Å². The predicted octanol–water partition coefficient (Wildman–Crippen LogP) is 2.66. The van der Waals surface area contributed by atoms with Crippen LogP contribution in [-0.4, -0.2) is 23.0 Å². The molecule has 0 aromatic heterocycles. The summed E-state index contributed by atoms with van der Waals surface area (Å²) in [6.45, 7) is 8.27. The molecule has 0 bridgehead atoms. The Morgan fingerprint density at radius 3 is 2.31 bits per heavy atom. The Balaban J connectivity index is 3.12. The van der Waals surface area contributed by atoms with Crippen molar-refractivity contribution >= 4 is 17.2 Å². The second-order valence-corrected chi connectivity index (χ2v) is 4.35. The zero-order valence-electron chi connectivity index (χ0n) is 10.2. The first-order chi connectivity index (χ1) is 7.61. The van der Waals surface area contributed by atoms with Gasteiger partial charge in [0.25, 0.3) is 0 Å². The quantitative estimate of drug-likeness (QED) is 0.797. The summed E-state index contributed by atoms with van der Waals surface area (Å²) in [5.74, 6) is 0. The molecule has 0 spiro atoms. The average molecular weight is 236 g/mol. The van der Waals surface area contributed by atoms with E-state index >= 15 is 0 Å². The molecular weight excluding hydrogens is 216 g/mol. The molecule has 0 radical (unpaired) electrons. The fourth-order valence-electron chi connectivity index (χ4n) is 2.01. The Morgan fingerprint density at radius 1 is 1.31 bits per heavy atom. The lowest BCUT2D eigenvalue weighted by atomic mass is 10.00. The van der Waals surface area contributed by atoms with Crippen LogP contribution in [-0.2, 0) is 0 Å². The molecule has 2 N–H and O–H groups in total. The molecule has 2 nitrogen and oxygen atoms in total. The van der Waals surface area contributed by atoms with E-state index in [1.807, 2.05) is 12.1 Å². The monoisotopic (exact) mass is 236 g/mol. The summed E-state index contributed by atoms with van der Waals surface area (Å²) in [5, 5.41) is 0. The van der Waals surface area contributed by atoms with Gasteiger partial charge < -0.3 is 5.73 Å². The molecule has 0 aliphatic rings. The van der Waals surface area contributed by atoms with Crippen molar-refractivity contribution in [3.05, 3.63) is 35.4 Å². The standard InChI is InChI=1S/C13H20N2S/c1-4-15(5-2)12(13(14)16)11-9-7-6-8-10(11)3/h6-9,12H,4-5H2,1-3H3,(H2,14,16). The molecule has 1 aromatic carbocycles. The lowest BCUT2D eigenvalue weighted by molar-refractivity contribution is 0.271. The van der Waals surface area contributed by atoms with E-state index in [1.165, 1.54) is 11.1 Å². The molecule has 16 heavy (non-hydrogen) atoms. The van der Waals surface area contributed by atoms with E-state index < -0.39 is 0 Å². The Hall–Kier alpha value is -0.930. The minimum Gasteiger partial charge on any atom is -0.392 e. The maximum absolute atomic E-state index is 5.88. The topological polar surface area (TPSA) is 29.3 Å². The molecule has 1 atom stereocenters. The normalized spacial score (nSPS) is 12.8. The zero-order valence-corrected chi connectivity index (χ0v) is 11.1. The van der Waals surface area contributed by atoms with E-state index in [4.69, 9.17) is 18.0 Å². The fraction of sp³-hybridized carbons (Fsp3) is 0.462. The molecule has 1 rings (SSSR count). The van der Waals surface area contributed by atoms with E-state index in [9.17, 15) is 0 Å². The largest absolute Gasteiger partial charge is 0.392 e. The minimum absolute atomic E-state index is 0.0613. The second-order valence-electron chi connectivity index (χ2n) is 3.88. The van der Waals surface area contributed by atoms with Gasteiger partial charge in [-0.05, 0) is 31.1 Å². The second kappa shape index (κ2) is 5.97. The van der Waals surface area contributed by atoms with E-state index in [0.717, 1.165) is 13.1 Å². The van der Waals surface area contributed by atoms with Crippen molar-refractivity contribution in [3.63, 3.8) is 0 Å². The Labute approximate surface area is 103 Å². The highest BCUT2D eigenvalue weighted by atomic mass is 32.1. The molecular formula is C13H20N2S. The van der Waals surface area contributed by atoms with Crippen LogP contribution in [0.2, 0.25) is 0 Å². The molecule has 0 aliphatic heterocycles. The zero-order chi connectivity index (χ0) is 12.1. The number of likely N-dealkylation sites (N-methyl/N-ethyl adjacent to an activating group) is 1. The van der Waals surface area contributed by atoms with Crippen LogP contribution < -0.4 is 5.73 Å². The van der Waals surface area contributed by atoms with Gasteiger partial charge in [0.05, 0.1) is 11.0 Å². The van der Waals surface area contributed by atoms with Gasteiger partial charge in [0.2, 0.25) is 0 Å². The molecule has 1 aromatic rings.